The lowest BCUT2D eigenvalue weighted by molar-refractivity contribution is 0.667. The zero-order valence-electron chi connectivity index (χ0n) is 19.4. The van der Waals surface area contributed by atoms with Gasteiger partial charge in [-0.25, -0.2) is 14.6 Å². The van der Waals surface area contributed by atoms with Crippen molar-refractivity contribution in [2.75, 3.05) is 5.73 Å². The van der Waals surface area contributed by atoms with Gasteiger partial charge in [-0.2, -0.15) is 5.10 Å². The summed E-state index contributed by atoms with van der Waals surface area (Å²) in [6.07, 6.45) is 3.89. The zero-order chi connectivity index (χ0) is 24.7. The van der Waals surface area contributed by atoms with E-state index in [0.717, 1.165) is 34.1 Å². The van der Waals surface area contributed by atoms with Crippen molar-refractivity contribution in [1.29, 1.82) is 5.41 Å². The van der Waals surface area contributed by atoms with Crippen molar-refractivity contribution in [3.05, 3.63) is 93.8 Å². The Morgan fingerprint density at radius 2 is 1.83 bits per heavy atom. The van der Waals surface area contributed by atoms with Crippen LogP contribution in [-0.4, -0.2) is 30.5 Å². The third-order valence-corrected chi connectivity index (χ3v) is 6.09. The van der Waals surface area contributed by atoms with Crippen molar-refractivity contribution in [3.8, 4) is 5.69 Å². The van der Waals surface area contributed by atoms with E-state index in [1.54, 1.807) is 9.25 Å². The first-order valence-electron chi connectivity index (χ1n) is 11.0. The van der Waals surface area contributed by atoms with E-state index < -0.39 is 0 Å². The maximum absolute atomic E-state index is 13.9. The van der Waals surface area contributed by atoms with Gasteiger partial charge in [0, 0.05) is 11.9 Å². The number of allylic oxidation sites excluding steroid dienone is 1. The van der Waals surface area contributed by atoms with Crippen LogP contribution in [0.15, 0.2) is 65.7 Å². The molecule has 0 unspecified atom stereocenters. The van der Waals surface area contributed by atoms with Gasteiger partial charge in [-0.1, -0.05) is 36.4 Å². The number of para-hydroxylation sites is 1. The van der Waals surface area contributed by atoms with E-state index in [2.05, 4.69) is 15.1 Å². The average Bonchev–Trinajstić information content (AvgIpc) is 3.20. The number of nitrogen functional groups attached to an aromatic ring is 1. The van der Waals surface area contributed by atoms with Gasteiger partial charge in [0.15, 0.2) is 5.65 Å². The molecule has 5 N–H and O–H groups in total. The van der Waals surface area contributed by atoms with Crippen LogP contribution < -0.4 is 17.0 Å². The average molecular weight is 465 g/mol. The topological polar surface area (TPSA) is 141 Å². The fourth-order valence-electron chi connectivity index (χ4n) is 4.45. The van der Waals surface area contributed by atoms with Crippen LogP contribution in [0.2, 0.25) is 0 Å². The molecular formula is C26H24N8O. The molecule has 0 spiro atoms. The van der Waals surface area contributed by atoms with Gasteiger partial charge in [-0.15, -0.1) is 0 Å². The number of nitrogens with zero attached hydrogens (tertiary/aromatic N) is 5. The number of nitrogens with one attached hydrogen (secondary N) is 1. The van der Waals surface area contributed by atoms with Crippen LogP contribution in [0.3, 0.4) is 0 Å². The summed E-state index contributed by atoms with van der Waals surface area (Å²) in [5.41, 5.74) is 16.8. The molecule has 0 saturated heterocycles. The Morgan fingerprint density at radius 1 is 1.06 bits per heavy atom. The number of fused-ring (bicyclic) bond motifs is 2. The van der Waals surface area contributed by atoms with Crippen molar-refractivity contribution in [3.63, 3.8) is 0 Å². The number of hydrogen-bond acceptors (Lipinski definition) is 7. The molecule has 3 heterocycles. The molecule has 35 heavy (non-hydrogen) atoms. The molecule has 0 fully saturated rings. The molecule has 9 nitrogen and oxygen atoms in total. The van der Waals surface area contributed by atoms with Crippen LogP contribution in [0.4, 0.5) is 5.82 Å². The maximum Gasteiger partial charge on any atom is 0.263 e. The SMILES string of the molecule is Cc1ccccc1-n1c(Cn2nc(/C(N)=C/C=N)c3c(N)ncnc32)cc2cccc(C)c2c1=O. The third-order valence-electron chi connectivity index (χ3n) is 6.09. The quantitative estimate of drug-likeness (QED) is 0.341. The van der Waals surface area contributed by atoms with Gasteiger partial charge < -0.3 is 16.9 Å². The molecule has 9 heteroatoms. The second kappa shape index (κ2) is 8.53. The molecule has 0 radical (unpaired) electrons. The molecule has 0 bridgehead atoms. The molecule has 174 valence electrons. The number of anilines is 1. The first-order chi connectivity index (χ1) is 16.9. The van der Waals surface area contributed by atoms with Gasteiger partial charge in [-0.3, -0.25) is 9.36 Å². The predicted octanol–water partition coefficient (Wildman–Crippen LogP) is 3.33. The van der Waals surface area contributed by atoms with Crippen molar-refractivity contribution >= 4 is 39.5 Å². The number of rotatable bonds is 5. The van der Waals surface area contributed by atoms with Gasteiger partial charge in [0.05, 0.1) is 28.7 Å². The number of aryl methyl sites for hydroxylation is 2. The van der Waals surface area contributed by atoms with Crippen molar-refractivity contribution < 1.29 is 0 Å². The number of aromatic nitrogens is 5. The maximum atomic E-state index is 13.9. The second-order valence-corrected chi connectivity index (χ2v) is 8.35. The summed E-state index contributed by atoms with van der Waals surface area (Å²) in [4.78, 5) is 22.4. The molecule has 0 amide bonds. The lowest BCUT2D eigenvalue weighted by Gasteiger charge is -2.17. The zero-order valence-corrected chi connectivity index (χ0v) is 19.4. The summed E-state index contributed by atoms with van der Waals surface area (Å²) >= 11 is 0. The highest BCUT2D eigenvalue weighted by atomic mass is 16.1. The largest absolute Gasteiger partial charge is 0.397 e. The van der Waals surface area contributed by atoms with Gasteiger partial charge in [0.25, 0.3) is 5.56 Å². The van der Waals surface area contributed by atoms with Crippen LogP contribution >= 0.6 is 0 Å². The van der Waals surface area contributed by atoms with Crippen LogP contribution in [0.25, 0.3) is 33.2 Å². The van der Waals surface area contributed by atoms with Gasteiger partial charge in [-0.05, 0) is 48.6 Å². The molecule has 0 aliphatic heterocycles. The van der Waals surface area contributed by atoms with E-state index in [4.69, 9.17) is 16.9 Å². The molecule has 5 rings (SSSR count). The smallest absolute Gasteiger partial charge is 0.263 e. The summed E-state index contributed by atoms with van der Waals surface area (Å²) in [7, 11) is 0. The fourth-order valence-corrected chi connectivity index (χ4v) is 4.45. The summed E-state index contributed by atoms with van der Waals surface area (Å²) in [6, 6.07) is 15.6. The molecule has 0 aliphatic carbocycles. The van der Waals surface area contributed by atoms with Crippen LogP contribution in [0.1, 0.15) is 22.5 Å². The first-order valence-corrected chi connectivity index (χ1v) is 11.0. The van der Waals surface area contributed by atoms with Crippen LogP contribution in [0.5, 0.6) is 0 Å². The Balaban J connectivity index is 1.81. The molecule has 0 aliphatic rings. The highest BCUT2D eigenvalue weighted by Gasteiger charge is 2.20. The Bertz CT molecular complexity index is 1710. The minimum atomic E-state index is -0.0982. The molecule has 0 atom stereocenters. The highest BCUT2D eigenvalue weighted by molar-refractivity contribution is 5.97. The molecular weight excluding hydrogens is 440 g/mol. The molecule has 0 saturated carbocycles. The Labute approximate surface area is 200 Å². The monoisotopic (exact) mass is 464 g/mol. The van der Waals surface area contributed by atoms with E-state index in [-0.39, 0.29) is 23.6 Å². The minimum Gasteiger partial charge on any atom is -0.397 e. The van der Waals surface area contributed by atoms with E-state index in [1.165, 1.54) is 12.4 Å². The molecule has 5 aromatic rings. The van der Waals surface area contributed by atoms with Gasteiger partial charge in [0.2, 0.25) is 0 Å². The van der Waals surface area contributed by atoms with Gasteiger partial charge in [0.1, 0.15) is 17.8 Å². The first kappa shape index (κ1) is 22.0. The molecule has 3 aromatic heterocycles. The summed E-state index contributed by atoms with van der Waals surface area (Å²) < 4.78 is 3.40. The number of benzene rings is 2. The Hall–Kier alpha value is -4.79. The number of nitrogens with two attached hydrogens (primary N) is 2. The van der Waals surface area contributed by atoms with E-state index in [1.807, 2.05) is 62.4 Å². The number of pyridine rings is 1. The summed E-state index contributed by atoms with van der Waals surface area (Å²) in [6.45, 7) is 4.15. The summed E-state index contributed by atoms with van der Waals surface area (Å²) in [5.74, 6) is 0.239. The normalized spacial score (nSPS) is 11.9. The summed E-state index contributed by atoms with van der Waals surface area (Å²) in [5, 5.41) is 14.1. The fraction of sp³-hybridized carbons (Fsp3) is 0.115. The van der Waals surface area contributed by atoms with E-state index in [0.29, 0.717) is 22.1 Å². The third kappa shape index (κ3) is 3.63. The Kier molecular flexibility index (Phi) is 5.37. The predicted molar refractivity (Wildman–Crippen MR) is 139 cm³/mol. The Morgan fingerprint density at radius 3 is 2.60 bits per heavy atom. The van der Waals surface area contributed by atoms with Crippen molar-refractivity contribution in [1.82, 2.24) is 24.3 Å². The van der Waals surface area contributed by atoms with Crippen LogP contribution in [-0.2, 0) is 6.54 Å². The van der Waals surface area contributed by atoms with Crippen molar-refractivity contribution in [2.24, 2.45) is 5.73 Å². The lowest BCUT2D eigenvalue weighted by Crippen LogP contribution is -2.25. The minimum absolute atomic E-state index is 0.0982. The second-order valence-electron chi connectivity index (χ2n) is 8.35. The molecule has 2 aromatic carbocycles. The van der Waals surface area contributed by atoms with Crippen LogP contribution in [0, 0.1) is 19.3 Å². The highest BCUT2D eigenvalue weighted by Crippen LogP contribution is 2.27. The standard InChI is InChI=1S/C26H24N8O/c1-15-6-3-4-9-20(15)34-18(12-17-8-5-7-16(2)21(17)26(34)35)13-33-25-22(24(29)30-14-31-25)23(32-33)19(28)10-11-27/h3-12,14,27H,13,28H2,1-2H3,(H2,29,30,31)/b19-10-,27-11?. The van der Waals surface area contributed by atoms with Crippen molar-refractivity contribution in [2.45, 2.75) is 20.4 Å². The lowest BCUT2D eigenvalue weighted by atomic mass is 10.1. The van der Waals surface area contributed by atoms with E-state index >= 15 is 0 Å². The number of hydrogen-bond donors (Lipinski definition) is 3. The van der Waals surface area contributed by atoms with E-state index in [9.17, 15) is 4.79 Å². The van der Waals surface area contributed by atoms with Gasteiger partial charge >= 0.3 is 0 Å².